The van der Waals surface area contributed by atoms with Crippen LogP contribution in [0.5, 0.6) is 0 Å². The summed E-state index contributed by atoms with van der Waals surface area (Å²) in [5, 5.41) is 7.57. The van der Waals surface area contributed by atoms with Crippen molar-refractivity contribution in [3.8, 4) is 0 Å². The zero-order chi connectivity index (χ0) is 20.8. The number of hydrogen-bond acceptors (Lipinski definition) is 3. The molecule has 0 saturated carbocycles. The normalized spacial score (nSPS) is 17.5. The molecule has 0 aliphatic carbocycles. The van der Waals surface area contributed by atoms with Gasteiger partial charge in [-0.2, -0.15) is 0 Å². The molecule has 6 nitrogen and oxygen atoms in total. The number of halogens is 1. The van der Waals surface area contributed by atoms with E-state index in [4.69, 9.17) is 11.6 Å². The van der Waals surface area contributed by atoms with E-state index in [-0.39, 0.29) is 5.41 Å². The lowest BCUT2D eigenvalue weighted by molar-refractivity contribution is 0.274. The van der Waals surface area contributed by atoms with E-state index >= 15 is 0 Å². The molecular weight excluding hydrogens is 396 g/mol. The van der Waals surface area contributed by atoms with Gasteiger partial charge < -0.3 is 10.6 Å². The van der Waals surface area contributed by atoms with Crippen molar-refractivity contribution in [3.05, 3.63) is 34.9 Å². The summed E-state index contributed by atoms with van der Waals surface area (Å²) >= 11 is 6.09. The average molecular weight is 429 g/mol. The van der Waals surface area contributed by atoms with Crippen LogP contribution in [-0.2, 0) is 16.4 Å². The molecule has 0 aromatic heterocycles. The van der Waals surface area contributed by atoms with Gasteiger partial charge in [0.05, 0.1) is 6.26 Å². The van der Waals surface area contributed by atoms with E-state index in [9.17, 15) is 8.42 Å². The topological polar surface area (TPSA) is 73.8 Å². The first kappa shape index (κ1) is 23.0. The van der Waals surface area contributed by atoms with E-state index in [0.29, 0.717) is 19.0 Å². The lowest BCUT2D eigenvalue weighted by Gasteiger charge is -2.31. The monoisotopic (exact) mass is 428 g/mol. The molecule has 1 fully saturated rings. The number of nitrogens with zero attached hydrogens (tertiary/aromatic N) is 2. The van der Waals surface area contributed by atoms with Gasteiger partial charge in [-0.1, -0.05) is 37.6 Å². The average Bonchev–Trinajstić information content (AvgIpc) is 2.61. The molecule has 1 aliphatic heterocycles. The van der Waals surface area contributed by atoms with Crippen molar-refractivity contribution in [1.29, 1.82) is 0 Å². The zero-order valence-corrected chi connectivity index (χ0v) is 18.9. The summed E-state index contributed by atoms with van der Waals surface area (Å²) in [6.07, 6.45) is 3.94. The molecule has 2 rings (SSSR count). The number of hydrogen-bond donors (Lipinski definition) is 2. The number of rotatable bonds is 7. The van der Waals surface area contributed by atoms with E-state index in [1.807, 2.05) is 18.2 Å². The summed E-state index contributed by atoms with van der Waals surface area (Å²) in [7, 11) is -1.30. The van der Waals surface area contributed by atoms with Gasteiger partial charge in [0.2, 0.25) is 10.0 Å². The Bertz CT molecular complexity index is 772. The van der Waals surface area contributed by atoms with E-state index in [2.05, 4.69) is 35.5 Å². The van der Waals surface area contributed by atoms with Crippen molar-refractivity contribution >= 4 is 27.6 Å². The number of benzene rings is 1. The fourth-order valence-corrected chi connectivity index (χ4v) is 4.58. The van der Waals surface area contributed by atoms with Crippen LogP contribution in [0.4, 0.5) is 0 Å². The molecule has 0 radical (unpaired) electrons. The van der Waals surface area contributed by atoms with Gasteiger partial charge in [-0.25, -0.2) is 12.7 Å². The highest BCUT2D eigenvalue weighted by Crippen LogP contribution is 2.23. The number of piperidine rings is 1. The van der Waals surface area contributed by atoms with Gasteiger partial charge in [-0.05, 0) is 48.3 Å². The second kappa shape index (κ2) is 9.94. The van der Waals surface area contributed by atoms with Crippen LogP contribution in [-0.4, -0.2) is 58.2 Å². The van der Waals surface area contributed by atoms with Gasteiger partial charge in [0.1, 0.15) is 0 Å². The van der Waals surface area contributed by atoms with Crippen molar-refractivity contribution in [2.45, 2.75) is 33.1 Å². The molecule has 158 valence electrons. The number of aliphatic imine (C=N–C) groups is 1. The molecular formula is C20H33ClN4O2S. The maximum Gasteiger partial charge on any atom is 0.211 e. The first-order chi connectivity index (χ1) is 13.1. The second-order valence-corrected chi connectivity index (χ2v) is 10.8. The van der Waals surface area contributed by atoms with Crippen LogP contribution in [0, 0.1) is 11.3 Å². The van der Waals surface area contributed by atoms with Gasteiger partial charge >= 0.3 is 0 Å². The largest absolute Gasteiger partial charge is 0.356 e. The highest BCUT2D eigenvalue weighted by atomic mass is 35.5. The lowest BCUT2D eigenvalue weighted by Crippen LogP contribution is -2.46. The zero-order valence-electron chi connectivity index (χ0n) is 17.3. The van der Waals surface area contributed by atoms with Crippen LogP contribution in [0.25, 0.3) is 0 Å². The quantitative estimate of drug-likeness (QED) is 0.517. The molecule has 1 heterocycles. The Hall–Kier alpha value is -1.31. The molecule has 0 amide bonds. The van der Waals surface area contributed by atoms with Crippen LogP contribution >= 0.6 is 11.6 Å². The molecule has 1 aromatic carbocycles. The fourth-order valence-electron chi connectivity index (χ4n) is 3.49. The molecule has 0 spiro atoms. The molecule has 0 atom stereocenters. The number of sulfonamides is 1. The van der Waals surface area contributed by atoms with Gasteiger partial charge in [-0.3, -0.25) is 4.99 Å². The van der Waals surface area contributed by atoms with Gasteiger partial charge in [0, 0.05) is 38.2 Å². The Labute approximate surface area is 174 Å². The molecule has 2 N–H and O–H groups in total. The van der Waals surface area contributed by atoms with Crippen LogP contribution < -0.4 is 10.6 Å². The minimum Gasteiger partial charge on any atom is -0.356 e. The van der Waals surface area contributed by atoms with Crippen molar-refractivity contribution in [1.82, 2.24) is 14.9 Å². The van der Waals surface area contributed by atoms with Crippen LogP contribution in [0.2, 0.25) is 5.02 Å². The highest BCUT2D eigenvalue weighted by molar-refractivity contribution is 7.88. The maximum atomic E-state index is 11.6. The molecule has 1 aromatic rings. The summed E-state index contributed by atoms with van der Waals surface area (Å²) in [5.41, 5.74) is 1.27. The number of guanidine groups is 1. The predicted molar refractivity (Wildman–Crippen MR) is 117 cm³/mol. The lowest BCUT2D eigenvalue weighted by atomic mass is 9.86. The Morgan fingerprint density at radius 3 is 2.54 bits per heavy atom. The van der Waals surface area contributed by atoms with Crippen LogP contribution in [0.3, 0.4) is 0 Å². The summed E-state index contributed by atoms with van der Waals surface area (Å²) in [4.78, 5) is 4.32. The first-order valence-electron chi connectivity index (χ1n) is 9.73. The standard InChI is InChI=1S/C20H33ClN4O2S/c1-20(2,13-17-6-5-7-18(21)12-17)15-24-19(22-3)23-14-16-8-10-25(11-9-16)28(4,26)27/h5-7,12,16H,8-11,13-15H2,1-4H3,(H2,22,23,24). The van der Waals surface area contributed by atoms with Crippen LogP contribution in [0.15, 0.2) is 29.3 Å². The first-order valence-corrected chi connectivity index (χ1v) is 12.0. The Morgan fingerprint density at radius 1 is 1.29 bits per heavy atom. The van der Waals surface area contributed by atoms with E-state index in [0.717, 1.165) is 43.3 Å². The second-order valence-electron chi connectivity index (χ2n) is 8.38. The van der Waals surface area contributed by atoms with Crippen molar-refractivity contribution in [3.63, 3.8) is 0 Å². The fraction of sp³-hybridized carbons (Fsp3) is 0.650. The van der Waals surface area contributed by atoms with Gasteiger partial charge in [0.15, 0.2) is 5.96 Å². The SMILES string of the molecule is CN=C(NCC1CCN(S(C)(=O)=O)CC1)NCC(C)(C)Cc1cccc(Cl)c1. The smallest absolute Gasteiger partial charge is 0.211 e. The summed E-state index contributed by atoms with van der Waals surface area (Å²) in [6.45, 7) is 7.22. The van der Waals surface area contributed by atoms with Crippen molar-refractivity contribution in [2.24, 2.45) is 16.3 Å². The Balaban J connectivity index is 1.77. The van der Waals surface area contributed by atoms with E-state index in [1.165, 1.54) is 11.8 Å². The highest BCUT2D eigenvalue weighted by Gasteiger charge is 2.25. The van der Waals surface area contributed by atoms with Crippen LogP contribution in [0.1, 0.15) is 32.3 Å². The summed E-state index contributed by atoms with van der Waals surface area (Å²) < 4.78 is 24.8. The van der Waals surface area contributed by atoms with Crippen molar-refractivity contribution < 1.29 is 8.42 Å². The summed E-state index contributed by atoms with van der Waals surface area (Å²) in [6, 6.07) is 7.99. The third kappa shape index (κ3) is 7.60. The molecule has 8 heteroatoms. The van der Waals surface area contributed by atoms with E-state index < -0.39 is 10.0 Å². The molecule has 0 unspecified atom stereocenters. The summed E-state index contributed by atoms with van der Waals surface area (Å²) in [5.74, 6) is 1.24. The molecule has 1 saturated heterocycles. The van der Waals surface area contributed by atoms with Gasteiger partial charge in [-0.15, -0.1) is 0 Å². The minimum atomic E-state index is -3.07. The Kier molecular flexibility index (Phi) is 8.16. The molecule has 0 bridgehead atoms. The van der Waals surface area contributed by atoms with Crippen molar-refractivity contribution in [2.75, 3.05) is 39.5 Å². The number of nitrogens with one attached hydrogen (secondary N) is 2. The third-order valence-electron chi connectivity index (χ3n) is 5.13. The van der Waals surface area contributed by atoms with E-state index in [1.54, 1.807) is 11.4 Å². The predicted octanol–water partition coefficient (Wildman–Crippen LogP) is 2.75. The molecule has 1 aliphatic rings. The maximum absolute atomic E-state index is 11.6. The van der Waals surface area contributed by atoms with Gasteiger partial charge in [0.25, 0.3) is 0 Å². The minimum absolute atomic E-state index is 0.0448. The Morgan fingerprint density at radius 2 is 1.96 bits per heavy atom. The molecule has 28 heavy (non-hydrogen) atoms. The third-order valence-corrected chi connectivity index (χ3v) is 6.67.